The van der Waals surface area contributed by atoms with E-state index in [1.54, 1.807) is 6.07 Å². The highest BCUT2D eigenvalue weighted by atomic mass is 32.1. The number of nitriles is 1. The Hall–Kier alpha value is -3.07. The van der Waals surface area contributed by atoms with Crippen LogP contribution in [0.4, 0.5) is 8.78 Å². The fourth-order valence-electron chi connectivity index (χ4n) is 2.77. The number of para-hydroxylation sites is 1. The molecule has 0 atom stereocenters. The molecule has 0 unspecified atom stereocenters. The minimum absolute atomic E-state index is 0.0930. The molecule has 0 spiro atoms. The zero-order valence-corrected chi connectivity index (χ0v) is 18.4. The van der Waals surface area contributed by atoms with Gasteiger partial charge in [-0.1, -0.05) is 18.2 Å². The van der Waals surface area contributed by atoms with Gasteiger partial charge in [0.1, 0.15) is 16.5 Å². The highest BCUT2D eigenvalue weighted by Crippen LogP contribution is 2.20. The molecule has 0 radical (unpaired) electrons. The molecule has 0 aliphatic heterocycles. The zero-order valence-electron chi connectivity index (χ0n) is 17.6. The first-order valence-electron chi connectivity index (χ1n) is 9.58. The SMILES string of the molecule is COCCCn1c(=O)/c(=C/c2ccccc2OC(F)F)s/c1=C(/C#N)C(=O)NCCOC. The van der Waals surface area contributed by atoms with Gasteiger partial charge in [-0.05, 0) is 18.6 Å². The summed E-state index contributed by atoms with van der Waals surface area (Å²) >= 11 is 0.926. The van der Waals surface area contributed by atoms with Gasteiger partial charge in [0, 0.05) is 39.5 Å². The van der Waals surface area contributed by atoms with Crippen molar-refractivity contribution in [1.29, 1.82) is 5.26 Å². The smallest absolute Gasteiger partial charge is 0.387 e. The van der Waals surface area contributed by atoms with Crippen molar-refractivity contribution in [3.63, 3.8) is 0 Å². The minimum Gasteiger partial charge on any atom is -0.434 e. The summed E-state index contributed by atoms with van der Waals surface area (Å²) < 4.78 is 41.5. The lowest BCUT2D eigenvalue weighted by Gasteiger charge is -2.06. The number of thiazole rings is 1. The van der Waals surface area contributed by atoms with E-state index < -0.39 is 18.1 Å². The van der Waals surface area contributed by atoms with E-state index in [2.05, 4.69) is 10.1 Å². The van der Waals surface area contributed by atoms with Crippen LogP contribution in [0.3, 0.4) is 0 Å². The van der Waals surface area contributed by atoms with Gasteiger partial charge in [0.2, 0.25) is 0 Å². The standard InChI is InChI=1S/C21H23F2N3O5S/c1-29-10-5-9-26-19(28)17(12-14-6-3-4-7-16(14)31-21(22)23)32-20(26)15(13-24)18(27)25-8-11-30-2/h3-4,6-7,12,21H,5,8-11H2,1-2H3,(H,25,27)/b17-12-,20-15-. The maximum absolute atomic E-state index is 13.1. The van der Waals surface area contributed by atoms with Gasteiger partial charge in [0.15, 0.2) is 5.57 Å². The third kappa shape index (κ3) is 6.71. The van der Waals surface area contributed by atoms with Crippen molar-refractivity contribution < 1.29 is 27.8 Å². The normalized spacial score (nSPS) is 12.6. The quantitative estimate of drug-likeness (QED) is 0.491. The zero-order chi connectivity index (χ0) is 23.5. The van der Waals surface area contributed by atoms with Crippen molar-refractivity contribution in [3.05, 3.63) is 49.4 Å². The van der Waals surface area contributed by atoms with Gasteiger partial charge in [-0.25, -0.2) is 0 Å². The van der Waals surface area contributed by atoms with Crippen LogP contribution >= 0.6 is 11.3 Å². The topological polar surface area (TPSA) is 103 Å². The van der Waals surface area contributed by atoms with Gasteiger partial charge < -0.3 is 19.5 Å². The molecule has 0 aliphatic carbocycles. The number of rotatable bonds is 11. The molecule has 0 saturated heterocycles. The van der Waals surface area contributed by atoms with E-state index in [0.717, 1.165) is 11.3 Å². The van der Waals surface area contributed by atoms with Crippen LogP contribution in [-0.4, -0.2) is 51.1 Å². The number of alkyl halides is 2. The molecule has 1 aromatic carbocycles. The van der Waals surface area contributed by atoms with Crippen LogP contribution in [-0.2, 0) is 20.8 Å². The first kappa shape index (κ1) is 25.2. The molecule has 11 heteroatoms. The number of hydrogen-bond donors (Lipinski definition) is 1. The summed E-state index contributed by atoms with van der Waals surface area (Å²) in [5.74, 6) is -0.733. The Balaban J connectivity index is 2.65. The molecular formula is C21H23F2N3O5S. The van der Waals surface area contributed by atoms with E-state index in [-0.39, 0.29) is 45.8 Å². The molecule has 1 amide bonds. The number of ether oxygens (including phenoxy) is 3. The lowest BCUT2D eigenvalue weighted by atomic mass is 10.2. The number of amides is 1. The molecule has 2 rings (SSSR count). The van der Waals surface area contributed by atoms with Crippen LogP contribution in [0.2, 0.25) is 0 Å². The molecule has 1 N–H and O–H groups in total. The van der Waals surface area contributed by atoms with Crippen molar-refractivity contribution in [2.45, 2.75) is 19.6 Å². The minimum atomic E-state index is -3.02. The maximum atomic E-state index is 13.1. The average Bonchev–Trinajstić information content (AvgIpc) is 3.05. The number of methoxy groups -OCH3 is 2. The summed E-state index contributed by atoms with van der Waals surface area (Å²) in [6.45, 7) is -2.00. The lowest BCUT2D eigenvalue weighted by Crippen LogP contribution is -2.35. The highest BCUT2D eigenvalue weighted by molar-refractivity contribution is 7.07. The van der Waals surface area contributed by atoms with Gasteiger partial charge in [-0.3, -0.25) is 14.2 Å². The lowest BCUT2D eigenvalue weighted by molar-refractivity contribution is -0.115. The average molecular weight is 467 g/mol. The van der Waals surface area contributed by atoms with Gasteiger partial charge >= 0.3 is 6.61 Å². The largest absolute Gasteiger partial charge is 0.434 e. The van der Waals surface area contributed by atoms with Crippen molar-refractivity contribution in [1.82, 2.24) is 9.88 Å². The fraction of sp³-hybridized carbons (Fsp3) is 0.381. The fourth-order valence-corrected chi connectivity index (χ4v) is 3.89. The maximum Gasteiger partial charge on any atom is 0.387 e. The number of carbonyl (C=O) groups is 1. The molecule has 1 aromatic heterocycles. The number of halogens is 2. The molecule has 1 heterocycles. The van der Waals surface area contributed by atoms with Crippen LogP contribution in [0.15, 0.2) is 29.1 Å². The van der Waals surface area contributed by atoms with E-state index in [1.165, 1.54) is 43.1 Å². The van der Waals surface area contributed by atoms with Crippen LogP contribution < -0.4 is 24.8 Å². The van der Waals surface area contributed by atoms with E-state index in [0.29, 0.717) is 13.0 Å². The number of nitrogens with one attached hydrogen (secondary N) is 1. The second-order valence-corrected chi connectivity index (χ2v) is 7.40. The third-order valence-electron chi connectivity index (χ3n) is 4.20. The van der Waals surface area contributed by atoms with E-state index in [1.807, 2.05) is 6.07 Å². The molecule has 0 saturated carbocycles. The molecule has 2 aromatic rings. The highest BCUT2D eigenvalue weighted by Gasteiger charge is 2.16. The molecule has 0 aliphatic rings. The summed E-state index contributed by atoms with van der Waals surface area (Å²) in [6, 6.07) is 7.90. The van der Waals surface area contributed by atoms with Gasteiger partial charge in [-0.2, -0.15) is 14.0 Å². The van der Waals surface area contributed by atoms with Gasteiger partial charge in [-0.15, -0.1) is 11.3 Å². The second kappa shape index (κ2) is 12.7. The molecule has 0 fully saturated rings. The molecular weight excluding hydrogens is 444 g/mol. The molecule has 0 bridgehead atoms. The third-order valence-corrected chi connectivity index (χ3v) is 5.33. The first-order valence-corrected chi connectivity index (χ1v) is 10.4. The molecule has 32 heavy (non-hydrogen) atoms. The summed E-state index contributed by atoms with van der Waals surface area (Å²) in [5, 5.41) is 12.2. The van der Waals surface area contributed by atoms with Crippen molar-refractivity contribution >= 4 is 28.9 Å². The molecule has 172 valence electrons. The van der Waals surface area contributed by atoms with Crippen LogP contribution in [0.1, 0.15) is 12.0 Å². The Bertz CT molecular complexity index is 1140. The predicted molar refractivity (Wildman–Crippen MR) is 115 cm³/mol. The predicted octanol–water partition coefficient (Wildman–Crippen LogP) is 0.813. The number of aromatic nitrogens is 1. The van der Waals surface area contributed by atoms with Crippen LogP contribution in [0, 0.1) is 11.3 Å². The number of nitrogens with zero attached hydrogens (tertiary/aromatic N) is 2. The van der Waals surface area contributed by atoms with Crippen molar-refractivity contribution in [2.75, 3.05) is 34.0 Å². The van der Waals surface area contributed by atoms with Gasteiger partial charge in [0.25, 0.3) is 11.5 Å². The Kier molecular flexibility index (Phi) is 10.0. The first-order chi connectivity index (χ1) is 15.4. The Labute approximate surface area is 186 Å². The number of hydrogen-bond acceptors (Lipinski definition) is 7. The number of carbonyl (C=O) groups excluding carboxylic acids is 1. The summed E-state index contributed by atoms with van der Waals surface area (Å²) in [5.41, 5.74) is -0.410. The summed E-state index contributed by atoms with van der Waals surface area (Å²) in [7, 11) is 3.00. The second-order valence-electron chi connectivity index (χ2n) is 6.37. The van der Waals surface area contributed by atoms with E-state index in [4.69, 9.17) is 9.47 Å². The van der Waals surface area contributed by atoms with Gasteiger partial charge in [0.05, 0.1) is 11.1 Å². The van der Waals surface area contributed by atoms with Crippen molar-refractivity contribution in [3.8, 4) is 11.8 Å². The van der Waals surface area contributed by atoms with Crippen molar-refractivity contribution in [2.24, 2.45) is 0 Å². The van der Waals surface area contributed by atoms with E-state index >= 15 is 0 Å². The molecule has 8 nitrogen and oxygen atoms in total. The van der Waals surface area contributed by atoms with Crippen LogP contribution in [0.25, 0.3) is 11.6 Å². The summed E-state index contributed by atoms with van der Waals surface area (Å²) in [6.07, 6.45) is 1.87. The Morgan fingerprint density at radius 2 is 2.00 bits per heavy atom. The number of benzene rings is 1. The van der Waals surface area contributed by atoms with E-state index in [9.17, 15) is 23.6 Å². The Morgan fingerprint density at radius 3 is 2.66 bits per heavy atom. The van der Waals surface area contributed by atoms with Crippen LogP contribution in [0.5, 0.6) is 5.75 Å². The Morgan fingerprint density at radius 1 is 1.28 bits per heavy atom. The summed E-state index contributed by atoms with van der Waals surface area (Å²) in [4.78, 5) is 25.6. The monoisotopic (exact) mass is 467 g/mol.